The lowest BCUT2D eigenvalue weighted by molar-refractivity contribution is -0.152. The molecule has 0 aliphatic carbocycles. The van der Waals surface area contributed by atoms with E-state index < -0.39 is 34.0 Å². The third-order valence-electron chi connectivity index (χ3n) is 6.75. The SMILES string of the molecule is COc1cc2ccc(S(=O)(=O)N[C@@H](CCCNc3ncc[nH]3)C(=O)N3CCCCC3C(=O)O)cc2cc1OC. The summed E-state index contributed by atoms with van der Waals surface area (Å²) in [5.41, 5.74) is 0. The summed E-state index contributed by atoms with van der Waals surface area (Å²) in [5, 5.41) is 14.1. The highest BCUT2D eigenvalue weighted by atomic mass is 32.2. The number of methoxy groups -OCH3 is 2. The molecule has 0 radical (unpaired) electrons. The first-order valence-electron chi connectivity index (χ1n) is 12.7. The molecule has 1 fully saturated rings. The Morgan fingerprint density at radius 1 is 1.15 bits per heavy atom. The average Bonchev–Trinajstić information content (AvgIpc) is 3.46. The van der Waals surface area contributed by atoms with Crippen LogP contribution in [0.15, 0.2) is 47.6 Å². The molecule has 12 nitrogen and oxygen atoms in total. The molecule has 1 aromatic heterocycles. The minimum atomic E-state index is -4.14. The fourth-order valence-corrected chi connectivity index (χ4v) is 5.99. The first-order chi connectivity index (χ1) is 18.7. The van der Waals surface area contributed by atoms with Gasteiger partial charge in [-0.1, -0.05) is 6.07 Å². The van der Waals surface area contributed by atoms with Gasteiger partial charge < -0.3 is 29.8 Å². The smallest absolute Gasteiger partial charge is 0.326 e. The van der Waals surface area contributed by atoms with E-state index in [-0.39, 0.29) is 17.9 Å². The lowest BCUT2D eigenvalue weighted by Gasteiger charge is -2.35. The fraction of sp³-hybridized carbons (Fsp3) is 0.423. The topological polar surface area (TPSA) is 163 Å². The maximum atomic E-state index is 13.6. The van der Waals surface area contributed by atoms with Crippen LogP contribution < -0.4 is 19.5 Å². The van der Waals surface area contributed by atoms with Gasteiger partial charge in [-0.2, -0.15) is 4.72 Å². The number of anilines is 1. The van der Waals surface area contributed by atoms with Crippen molar-refractivity contribution in [3.8, 4) is 11.5 Å². The van der Waals surface area contributed by atoms with E-state index in [0.717, 1.165) is 5.39 Å². The molecule has 210 valence electrons. The van der Waals surface area contributed by atoms with Crippen LogP contribution in [0.2, 0.25) is 0 Å². The molecule has 3 aromatic rings. The molecule has 1 amide bonds. The normalized spacial score (nSPS) is 16.6. The number of carbonyl (C=O) groups excluding carboxylic acids is 1. The summed E-state index contributed by atoms with van der Waals surface area (Å²) in [6, 6.07) is 5.91. The third kappa shape index (κ3) is 6.60. The Hall–Kier alpha value is -3.84. The molecular weight excluding hydrogens is 526 g/mol. The molecule has 2 atom stereocenters. The molecular formula is C26H33N5O7S. The van der Waals surface area contributed by atoms with E-state index >= 15 is 0 Å². The number of aromatic amines is 1. The van der Waals surface area contributed by atoms with Gasteiger partial charge in [-0.15, -0.1) is 0 Å². The predicted octanol–water partition coefficient (Wildman–Crippen LogP) is 2.59. The van der Waals surface area contributed by atoms with Gasteiger partial charge >= 0.3 is 5.97 Å². The summed E-state index contributed by atoms with van der Waals surface area (Å²) in [6.07, 6.45) is 5.53. The van der Waals surface area contributed by atoms with E-state index in [1.54, 1.807) is 30.6 Å². The van der Waals surface area contributed by atoms with Crippen molar-refractivity contribution in [2.24, 2.45) is 0 Å². The van der Waals surface area contributed by atoms with Crippen LogP contribution in [0.4, 0.5) is 5.95 Å². The Labute approximate surface area is 226 Å². The number of nitrogens with zero attached hydrogens (tertiary/aromatic N) is 2. The van der Waals surface area contributed by atoms with Crippen LogP contribution >= 0.6 is 0 Å². The maximum Gasteiger partial charge on any atom is 0.326 e. The fourth-order valence-electron chi connectivity index (χ4n) is 4.74. The summed E-state index contributed by atoms with van der Waals surface area (Å²) in [4.78, 5) is 33.7. The molecule has 0 spiro atoms. The number of nitrogens with one attached hydrogen (secondary N) is 3. The van der Waals surface area contributed by atoms with E-state index in [9.17, 15) is 23.1 Å². The van der Waals surface area contributed by atoms with Gasteiger partial charge in [0.1, 0.15) is 12.1 Å². The lowest BCUT2D eigenvalue weighted by atomic mass is 10.00. The van der Waals surface area contributed by atoms with Crippen LogP contribution in [-0.4, -0.2) is 79.7 Å². The number of hydrogen-bond donors (Lipinski definition) is 4. The molecule has 4 rings (SSSR count). The van der Waals surface area contributed by atoms with Crippen molar-refractivity contribution in [1.82, 2.24) is 19.6 Å². The molecule has 0 bridgehead atoms. The number of carboxylic acids is 1. The van der Waals surface area contributed by atoms with Crippen LogP contribution in [0.5, 0.6) is 11.5 Å². The molecule has 1 unspecified atom stereocenters. The number of benzene rings is 2. The highest BCUT2D eigenvalue weighted by Crippen LogP contribution is 2.33. The highest BCUT2D eigenvalue weighted by Gasteiger charge is 2.37. The van der Waals surface area contributed by atoms with Crippen LogP contribution in [0.3, 0.4) is 0 Å². The molecule has 0 saturated carbocycles. The summed E-state index contributed by atoms with van der Waals surface area (Å²) in [5.74, 6) is -0.112. The number of aromatic nitrogens is 2. The summed E-state index contributed by atoms with van der Waals surface area (Å²) < 4.78 is 40.2. The van der Waals surface area contributed by atoms with Crippen molar-refractivity contribution in [3.05, 3.63) is 42.7 Å². The van der Waals surface area contributed by atoms with Crippen LogP contribution in [0.1, 0.15) is 32.1 Å². The second kappa shape index (κ2) is 12.3. The van der Waals surface area contributed by atoms with Gasteiger partial charge in [-0.3, -0.25) is 4.79 Å². The molecule has 1 aliphatic rings. The zero-order valence-electron chi connectivity index (χ0n) is 21.8. The summed E-state index contributed by atoms with van der Waals surface area (Å²) in [6.45, 7) is 0.690. The number of sulfonamides is 1. The number of aliphatic carboxylic acids is 1. The second-order valence-corrected chi connectivity index (χ2v) is 11.0. The minimum Gasteiger partial charge on any atom is -0.493 e. The number of hydrogen-bond acceptors (Lipinski definition) is 8. The number of fused-ring (bicyclic) bond motifs is 1. The standard InChI is InChI=1S/C26H33N5O7S/c1-37-22-15-17-8-9-19(14-18(17)16-23(22)38-2)39(35,36)30-20(6-5-10-27-26-28-11-12-29-26)24(32)31-13-4-3-7-21(31)25(33)34/h8-9,11-12,14-16,20-21,30H,3-7,10,13H2,1-2H3,(H,33,34)(H2,27,28,29)/t20-,21?/m0/s1. The zero-order valence-corrected chi connectivity index (χ0v) is 22.7. The van der Waals surface area contributed by atoms with Crippen molar-refractivity contribution in [1.29, 1.82) is 0 Å². The lowest BCUT2D eigenvalue weighted by Crippen LogP contribution is -2.55. The first-order valence-corrected chi connectivity index (χ1v) is 14.2. The number of imidazole rings is 1. The molecule has 2 aromatic carbocycles. The number of rotatable bonds is 12. The largest absolute Gasteiger partial charge is 0.493 e. The number of ether oxygens (including phenoxy) is 2. The van der Waals surface area contributed by atoms with E-state index in [0.29, 0.717) is 55.1 Å². The zero-order chi connectivity index (χ0) is 28.0. The van der Waals surface area contributed by atoms with Crippen LogP contribution in [0, 0.1) is 0 Å². The first kappa shape index (κ1) is 28.2. The number of carbonyl (C=O) groups is 2. The van der Waals surface area contributed by atoms with Crippen molar-refractivity contribution < 1.29 is 32.6 Å². The van der Waals surface area contributed by atoms with E-state index in [1.165, 1.54) is 31.3 Å². The molecule has 4 N–H and O–H groups in total. The maximum absolute atomic E-state index is 13.6. The van der Waals surface area contributed by atoms with Gasteiger partial charge in [0.15, 0.2) is 17.4 Å². The van der Waals surface area contributed by atoms with E-state index in [2.05, 4.69) is 20.0 Å². The van der Waals surface area contributed by atoms with E-state index in [1.807, 2.05) is 0 Å². The van der Waals surface area contributed by atoms with Gasteiger partial charge in [0.25, 0.3) is 0 Å². The quantitative estimate of drug-likeness (QED) is 0.244. The molecule has 1 aliphatic heterocycles. The Balaban J connectivity index is 1.58. The van der Waals surface area contributed by atoms with Gasteiger partial charge in [-0.25, -0.2) is 18.2 Å². The number of piperidine rings is 1. The molecule has 39 heavy (non-hydrogen) atoms. The van der Waals surface area contributed by atoms with E-state index in [4.69, 9.17) is 9.47 Å². The number of likely N-dealkylation sites (tertiary alicyclic amines) is 1. The molecule has 1 saturated heterocycles. The van der Waals surface area contributed by atoms with Gasteiger partial charge in [0, 0.05) is 25.5 Å². The van der Waals surface area contributed by atoms with Gasteiger partial charge in [-0.05, 0) is 67.1 Å². The summed E-state index contributed by atoms with van der Waals surface area (Å²) in [7, 11) is -1.13. The van der Waals surface area contributed by atoms with Crippen LogP contribution in [-0.2, 0) is 19.6 Å². The van der Waals surface area contributed by atoms with Crippen molar-refractivity contribution in [3.63, 3.8) is 0 Å². The monoisotopic (exact) mass is 559 g/mol. The van der Waals surface area contributed by atoms with Crippen molar-refractivity contribution in [2.45, 2.75) is 49.1 Å². The second-order valence-electron chi connectivity index (χ2n) is 9.28. The third-order valence-corrected chi connectivity index (χ3v) is 8.22. The Morgan fingerprint density at radius 2 is 1.90 bits per heavy atom. The van der Waals surface area contributed by atoms with Gasteiger partial charge in [0.05, 0.1) is 19.1 Å². The van der Waals surface area contributed by atoms with Crippen molar-refractivity contribution in [2.75, 3.05) is 32.6 Å². The number of amides is 1. The summed E-state index contributed by atoms with van der Waals surface area (Å²) >= 11 is 0. The van der Waals surface area contributed by atoms with Gasteiger partial charge in [0.2, 0.25) is 15.9 Å². The van der Waals surface area contributed by atoms with Crippen LogP contribution in [0.25, 0.3) is 10.8 Å². The number of H-pyrrole nitrogens is 1. The highest BCUT2D eigenvalue weighted by molar-refractivity contribution is 7.89. The molecule has 2 heterocycles. The Bertz CT molecular complexity index is 1410. The molecule has 13 heteroatoms. The minimum absolute atomic E-state index is 0.0258. The Morgan fingerprint density at radius 3 is 2.56 bits per heavy atom. The predicted molar refractivity (Wildman–Crippen MR) is 144 cm³/mol. The number of carboxylic acid groups (broad SMARTS) is 1. The average molecular weight is 560 g/mol. The van der Waals surface area contributed by atoms with Crippen molar-refractivity contribution >= 4 is 38.6 Å². The Kier molecular flexibility index (Phi) is 8.92.